The van der Waals surface area contributed by atoms with Crippen molar-refractivity contribution in [3.8, 4) is 16.9 Å². The van der Waals surface area contributed by atoms with Gasteiger partial charge in [-0.2, -0.15) is 0 Å². The summed E-state index contributed by atoms with van der Waals surface area (Å²) >= 11 is 0. The summed E-state index contributed by atoms with van der Waals surface area (Å²) < 4.78 is 0. The van der Waals surface area contributed by atoms with Crippen molar-refractivity contribution in [3.05, 3.63) is 90.0 Å². The van der Waals surface area contributed by atoms with Crippen molar-refractivity contribution in [3.63, 3.8) is 0 Å². The van der Waals surface area contributed by atoms with Gasteiger partial charge in [0.25, 0.3) is 0 Å². The first kappa shape index (κ1) is 17.2. The fraction of sp³-hybridized carbons (Fsp3) is 0.182. The van der Waals surface area contributed by atoms with E-state index in [-0.39, 0.29) is 5.75 Å². The van der Waals surface area contributed by atoms with Gasteiger partial charge in [-0.15, -0.1) is 0 Å². The quantitative estimate of drug-likeness (QED) is 0.574. The zero-order valence-electron chi connectivity index (χ0n) is 14.1. The van der Waals surface area contributed by atoms with E-state index >= 15 is 0 Å². The Bertz CT molecular complexity index is 767. The van der Waals surface area contributed by atoms with E-state index in [1.54, 1.807) is 12.1 Å². The largest absolute Gasteiger partial charge is 0.508 e. The molecule has 3 nitrogen and oxygen atoms in total. The molecule has 0 aliphatic rings. The molecule has 0 saturated carbocycles. The number of rotatable bonds is 7. The van der Waals surface area contributed by atoms with Crippen molar-refractivity contribution in [2.45, 2.75) is 12.5 Å². The summed E-state index contributed by atoms with van der Waals surface area (Å²) in [6, 6.07) is 25.4. The smallest absolute Gasteiger partial charge is 0.115 e. The second-order valence-corrected chi connectivity index (χ2v) is 6.12. The topological polar surface area (TPSA) is 52.5 Å². The normalized spacial score (nSPS) is 12.0. The summed E-state index contributed by atoms with van der Waals surface area (Å²) in [4.78, 5) is 0. The molecule has 1 unspecified atom stereocenters. The molecule has 25 heavy (non-hydrogen) atoms. The molecule has 0 spiro atoms. The summed E-state index contributed by atoms with van der Waals surface area (Å²) in [5.74, 6) is 0.282. The first-order valence-corrected chi connectivity index (χ1v) is 8.54. The number of hydrogen-bond acceptors (Lipinski definition) is 3. The maximum Gasteiger partial charge on any atom is 0.115 e. The minimum absolute atomic E-state index is 0.282. The van der Waals surface area contributed by atoms with Crippen LogP contribution >= 0.6 is 0 Å². The lowest BCUT2D eigenvalue weighted by atomic mass is 10.0. The molecule has 0 radical (unpaired) electrons. The molecule has 0 amide bonds. The molecule has 3 rings (SSSR count). The zero-order chi connectivity index (χ0) is 17.5. The van der Waals surface area contributed by atoms with Crippen LogP contribution in [0.3, 0.4) is 0 Å². The summed E-state index contributed by atoms with van der Waals surface area (Å²) in [5, 5.41) is 22.8. The number of aliphatic hydroxyl groups is 1. The van der Waals surface area contributed by atoms with E-state index in [2.05, 4.69) is 29.6 Å². The van der Waals surface area contributed by atoms with Gasteiger partial charge in [0.15, 0.2) is 0 Å². The van der Waals surface area contributed by atoms with Crippen molar-refractivity contribution in [1.29, 1.82) is 0 Å². The van der Waals surface area contributed by atoms with Crippen LogP contribution in [-0.4, -0.2) is 23.3 Å². The zero-order valence-corrected chi connectivity index (χ0v) is 14.1. The molecule has 128 valence electrons. The second kappa shape index (κ2) is 8.47. The fourth-order valence-corrected chi connectivity index (χ4v) is 2.78. The van der Waals surface area contributed by atoms with Gasteiger partial charge in [0, 0.05) is 6.54 Å². The van der Waals surface area contributed by atoms with Crippen LogP contribution in [0.1, 0.15) is 17.2 Å². The average molecular weight is 333 g/mol. The highest BCUT2D eigenvalue weighted by Crippen LogP contribution is 2.22. The van der Waals surface area contributed by atoms with Crippen LogP contribution in [0.2, 0.25) is 0 Å². The number of aromatic hydroxyl groups is 1. The van der Waals surface area contributed by atoms with Crippen LogP contribution in [0.4, 0.5) is 0 Å². The highest BCUT2D eigenvalue weighted by Gasteiger charge is 2.05. The Morgan fingerprint density at radius 2 is 1.36 bits per heavy atom. The lowest BCUT2D eigenvalue weighted by molar-refractivity contribution is 0.175. The van der Waals surface area contributed by atoms with E-state index in [0.717, 1.165) is 29.7 Å². The number of phenols is 1. The fourth-order valence-electron chi connectivity index (χ4n) is 2.78. The SMILES string of the molecule is Oc1ccc(-c2ccc(CCNCC(O)c3ccccc3)cc2)cc1. The predicted molar refractivity (Wildman–Crippen MR) is 102 cm³/mol. The molecule has 3 heteroatoms. The van der Waals surface area contributed by atoms with Gasteiger partial charge in [-0.25, -0.2) is 0 Å². The standard InChI is InChI=1S/C22H23NO2/c24-21-12-10-19(11-13-21)18-8-6-17(7-9-18)14-15-23-16-22(25)20-4-2-1-3-5-20/h1-13,22-25H,14-16H2. The van der Waals surface area contributed by atoms with Crippen LogP contribution in [0.25, 0.3) is 11.1 Å². The molecule has 0 bridgehead atoms. The predicted octanol–water partition coefficient (Wildman–Crippen LogP) is 3.92. The minimum Gasteiger partial charge on any atom is -0.508 e. The van der Waals surface area contributed by atoms with Gasteiger partial charge in [0.05, 0.1) is 6.10 Å². The average Bonchev–Trinajstić information content (AvgIpc) is 2.67. The minimum atomic E-state index is -0.474. The maximum absolute atomic E-state index is 10.1. The molecular formula is C22H23NO2. The van der Waals surface area contributed by atoms with Gasteiger partial charge in [-0.3, -0.25) is 0 Å². The van der Waals surface area contributed by atoms with E-state index < -0.39 is 6.10 Å². The molecule has 1 atom stereocenters. The van der Waals surface area contributed by atoms with Gasteiger partial charge >= 0.3 is 0 Å². The Labute approximate surface area is 148 Å². The molecule has 0 saturated heterocycles. The van der Waals surface area contributed by atoms with Crippen molar-refractivity contribution < 1.29 is 10.2 Å². The summed E-state index contributed by atoms with van der Waals surface area (Å²) in [6.07, 6.45) is 0.440. The van der Waals surface area contributed by atoms with Crippen LogP contribution in [-0.2, 0) is 6.42 Å². The monoisotopic (exact) mass is 333 g/mol. The molecule has 3 N–H and O–H groups in total. The Balaban J connectivity index is 1.47. The Kier molecular flexibility index (Phi) is 5.83. The van der Waals surface area contributed by atoms with E-state index in [0.29, 0.717) is 6.54 Å². The van der Waals surface area contributed by atoms with Crippen molar-refractivity contribution >= 4 is 0 Å². The molecule has 3 aromatic carbocycles. The third-order valence-corrected chi connectivity index (χ3v) is 4.27. The van der Waals surface area contributed by atoms with Gasteiger partial charge in [-0.1, -0.05) is 66.7 Å². The van der Waals surface area contributed by atoms with Crippen LogP contribution in [0, 0.1) is 0 Å². The van der Waals surface area contributed by atoms with Gasteiger partial charge in [0.2, 0.25) is 0 Å². The Morgan fingerprint density at radius 3 is 2.00 bits per heavy atom. The highest BCUT2D eigenvalue weighted by atomic mass is 16.3. The molecule has 0 aliphatic heterocycles. The van der Waals surface area contributed by atoms with Gasteiger partial charge in [0.1, 0.15) is 5.75 Å². The van der Waals surface area contributed by atoms with Crippen molar-refractivity contribution in [1.82, 2.24) is 5.32 Å². The molecule has 3 aromatic rings. The van der Waals surface area contributed by atoms with Crippen molar-refractivity contribution in [2.24, 2.45) is 0 Å². The summed E-state index contributed by atoms with van der Waals surface area (Å²) in [6.45, 7) is 1.37. The van der Waals surface area contributed by atoms with Gasteiger partial charge in [-0.05, 0) is 47.4 Å². The maximum atomic E-state index is 10.1. The lowest BCUT2D eigenvalue weighted by Gasteiger charge is -2.12. The van der Waals surface area contributed by atoms with E-state index in [4.69, 9.17) is 0 Å². The highest BCUT2D eigenvalue weighted by molar-refractivity contribution is 5.64. The first-order valence-electron chi connectivity index (χ1n) is 8.54. The third-order valence-electron chi connectivity index (χ3n) is 4.27. The summed E-state index contributed by atoms with van der Waals surface area (Å²) in [7, 11) is 0. The Morgan fingerprint density at radius 1 is 0.760 bits per heavy atom. The van der Waals surface area contributed by atoms with Crippen LogP contribution in [0.5, 0.6) is 5.75 Å². The molecule has 0 heterocycles. The van der Waals surface area contributed by atoms with E-state index in [1.807, 2.05) is 42.5 Å². The molecule has 0 aliphatic carbocycles. The molecule has 0 fully saturated rings. The third kappa shape index (κ3) is 4.92. The van der Waals surface area contributed by atoms with E-state index in [9.17, 15) is 10.2 Å². The lowest BCUT2D eigenvalue weighted by Crippen LogP contribution is -2.23. The number of benzene rings is 3. The van der Waals surface area contributed by atoms with Crippen LogP contribution < -0.4 is 5.32 Å². The number of aliphatic hydroxyl groups excluding tert-OH is 1. The van der Waals surface area contributed by atoms with Crippen LogP contribution in [0.15, 0.2) is 78.9 Å². The first-order chi connectivity index (χ1) is 12.2. The summed E-state index contributed by atoms with van der Waals surface area (Å²) in [5.41, 5.74) is 4.42. The number of phenolic OH excluding ortho intramolecular Hbond substituents is 1. The number of nitrogens with one attached hydrogen (secondary N) is 1. The molecular weight excluding hydrogens is 310 g/mol. The van der Waals surface area contributed by atoms with E-state index in [1.165, 1.54) is 5.56 Å². The number of hydrogen-bond donors (Lipinski definition) is 3. The molecule has 0 aromatic heterocycles. The Hall–Kier alpha value is -2.62. The van der Waals surface area contributed by atoms with Gasteiger partial charge < -0.3 is 15.5 Å². The second-order valence-electron chi connectivity index (χ2n) is 6.12. The van der Waals surface area contributed by atoms with Crippen molar-refractivity contribution in [2.75, 3.05) is 13.1 Å².